The molecule has 0 unspecified atom stereocenters. The first-order chi connectivity index (χ1) is 11.9. The van der Waals surface area contributed by atoms with E-state index in [1.165, 1.54) is 29.5 Å². The van der Waals surface area contributed by atoms with Crippen LogP contribution in [0, 0.1) is 0 Å². The smallest absolute Gasteiger partial charge is 0.223 e. The summed E-state index contributed by atoms with van der Waals surface area (Å²) in [4.78, 5) is 0.765. The first-order valence-corrected chi connectivity index (χ1v) is 12.1. The molecule has 25 heavy (non-hydrogen) atoms. The van der Waals surface area contributed by atoms with Crippen LogP contribution in [0.1, 0.15) is 10.1 Å². The summed E-state index contributed by atoms with van der Waals surface area (Å²) in [6.45, 7) is -0.224. The van der Waals surface area contributed by atoms with Crippen molar-refractivity contribution in [3.63, 3.8) is 0 Å². The minimum atomic E-state index is -3.74. The predicted molar refractivity (Wildman–Crippen MR) is 100 cm³/mol. The molecule has 0 saturated carbocycles. The van der Waals surface area contributed by atoms with Gasteiger partial charge < -0.3 is 0 Å². The Morgan fingerprint density at radius 3 is 2.12 bits per heavy atom. The van der Waals surface area contributed by atoms with Crippen molar-refractivity contribution in [3.05, 3.63) is 70.2 Å². The van der Waals surface area contributed by atoms with E-state index in [0.29, 0.717) is 4.88 Å². The number of sulfone groups is 1. The van der Waals surface area contributed by atoms with Crippen LogP contribution >= 0.6 is 22.7 Å². The van der Waals surface area contributed by atoms with Gasteiger partial charge in [-0.2, -0.15) is 0 Å². The Morgan fingerprint density at radius 2 is 1.52 bits per heavy atom. The molecule has 2 aromatic heterocycles. The van der Waals surface area contributed by atoms with E-state index in [2.05, 4.69) is 4.72 Å². The Balaban J connectivity index is 1.92. The number of rotatable bonds is 7. The number of sulfonamides is 1. The van der Waals surface area contributed by atoms with Crippen molar-refractivity contribution in [2.75, 3.05) is 6.54 Å². The van der Waals surface area contributed by atoms with Crippen LogP contribution in [-0.4, -0.2) is 23.4 Å². The summed E-state index contributed by atoms with van der Waals surface area (Å²) >= 11 is 2.37. The van der Waals surface area contributed by atoms with Crippen LogP contribution in [-0.2, 0) is 19.9 Å². The molecule has 2 heterocycles. The van der Waals surface area contributed by atoms with Crippen molar-refractivity contribution in [3.8, 4) is 0 Å². The van der Waals surface area contributed by atoms with Crippen LogP contribution in [0.3, 0.4) is 0 Å². The maximum Gasteiger partial charge on any atom is 0.250 e. The lowest BCUT2D eigenvalue weighted by Crippen LogP contribution is -2.31. The van der Waals surface area contributed by atoms with E-state index in [-0.39, 0.29) is 15.6 Å². The van der Waals surface area contributed by atoms with Gasteiger partial charge in [-0.1, -0.05) is 30.3 Å². The van der Waals surface area contributed by atoms with Crippen LogP contribution < -0.4 is 4.72 Å². The summed E-state index contributed by atoms with van der Waals surface area (Å²) in [5.74, 6) is 0. The number of hydrogen-bond donors (Lipinski definition) is 1. The molecule has 0 amide bonds. The molecule has 3 rings (SSSR count). The SMILES string of the molecule is O=S(=O)(NC[C@@H](c1cccs1)S(=O)(=O)c1ccccc1)c1cccs1. The van der Waals surface area contributed by atoms with Crippen molar-refractivity contribution in [1.29, 1.82) is 0 Å². The monoisotopic (exact) mass is 413 g/mol. The van der Waals surface area contributed by atoms with Crippen LogP contribution in [0.25, 0.3) is 0 Å². The molecule has 0 saturated heterocycles. The lowest BCUT2D eigenvalue weighted by Gasteiger charge is -2.17. The highest BCUT2D eigenvalue weighted by molar-refractivity contribution is 7.92. The third-order valence-corrected chi connectivity index (χ3v) is 9.58. The van der Waals surface area contributed by atoms with E-state index >= 15 is 0 Å². The fourth-order valence-corrected chi connectivity index (χ4v) is 7.28. The van der Waals surface area contributed by atoms with Gasteiger partial charge in [0.15, 0.2) is 9.84 Å². The highest BCUT2D eigenvalue weighted by atomic mass is 32.2. The Bertz CT molecular complexity index is 1010. The molecule has 132 valence electrons. The minimum absolute atomic E-state index is 0.162. The quantitative estimate of drug-likeness (QED) is 0.644. The molecule has 9 heteroatoms. The molecule has 0 bridgehead atoms. The maximum absolute atomic E-state index is 13.0. The van der Waals surface area contributed by atoms with Gasteiger partial charge in [-0.05, 0) is 35.0 Å². The van der Waals surface area contributed by atoms with Crippen molar-refractivity contribution >= 4 is 42.5 Å². The van der Waals surface area contributed by atoms with Gasteiger partial charge in [0, 0.05) is 11.4 Å². The zero-order valence-corrected chi connectivity index (χ0v) is 16.2. The summed E-state index contributed by atoms with van der Waals surface area (Å²) in [6, 6.07) is 14.6. The normalized spacial score (nSPS) is 13.6. The molecule has 5 nitrogen and oxygen atoms in total. The average molecular weight is 414 g/mol. The molecule has 0 aliphatic rings. The molecular formula is C16H15NO4S4. The Labute approximate surface area is 154 Å². The Kier molecular flexibility index (Phi) is 5.40. The molecular weight excluding hydrogens is 398 g/mol. The largest absolute Gasteiger partial charge is 0.250 e. The second-order valence-electron chi connectivity index (χ2n) is 5.15. The van der Waals surface area contributed by atoms with Crippen LogP contribution in [0.15, 0.2) is 74.5 Å². The van der Waals surface area contributed by atoms with Crippen LogP contribution in [0.5, 0.6) is 0 Å². The third kappa shape index (κ3) is 4.01. The molecule has 0 aliphatic carbocycles. The number of thiophene rings is 2. The number of hydrogen-bond acceptors (Lipinski definition) is 6. The van der Waals surface area contributed by atoms with Crippen molar-refractivity contribution in [2.24, 2.45) is 0 Å². The topological polar surface area (TPSA) is 80.3 Å². The fourth-order valence-electron chi connectivity index (χ4n) is 2.29. The summed E-state index contributed by atoms with van der Waals surface area (Å²) in [7, 11) is -7.47. The zero-order chi connectivity index (χ0) is 17.9. The fraction of sp³-hybridized carbons (Fsp3) is 0.125. The predicted octanol–water partition coefficient (Wildman–Crippen LogP) is 3.30. The van der Waals surface area contributed by atoms with Gasteiger partial charge in [0.1, 0.15) is 9.46 Å². The average Bonchev–Trinajstić information content (AvgIpc) is 3.30. The van der Waals surface area contributed by atoms with Crippen molar-refractivity contribution in [2.45, 2.75) is 14.4 Å². The lowest BCUT2D eigenvalue weighted by molar-refractivity contribution is 0.571. The maximum atomic E-state index is 13.0. The van der Waals surface area contributed by atoms with Gasteiger partial charge in [0.2, 0.25) is 10.0 Å². The first kappa shape index (κ1) is 18.3. The van der Waals surface area contributed by atoms with Gasteiger partial charge in [0.25, 0.3) is 0 Å². The highest BCUT2D eigenvalue weighted by Crippen LogP contribution is 2.31. The van der Waals surface area contributed by atoms with E-state index in [0.717, 1.165) is 11.3 Å². The third-order valence-electron chi connectivity index (χ3n) is 3.53. The summed E-state index contributed by atoms with van der Waals surface area (Å²) in [5.41, 5.74) is 0. The van der Waals surface area contributed by atoms with E-state index < -0.39 is 25.1 Å². The zero-order valence-electron chi connectivity index (χ0n) is 12.9. The second-order valence-corrected chi connectivity index (χ2v) is 11.2. The van der Waals surface area contributed by atoms with Crippen LogP contribution in [0.4, 0.5) is 0 Å². The summed E-state index contributed by atoms with van der Waals surface area (Å²) < 4.78 is 53.3. The standard InChI is InChI=1S/C16H15NO4S4/c18-24(19,13-6-2-1-3-7-13)15(14-8-4-10-22-14)12-17-25(20,21)16-9-5-11-23-16/h1-11,15,17H,12H2/t15-/m0/s1. The van der Waals surface area contributed by atoms with Crippen LogP contribution in [0.2, 0.25) is 0 Å². The van der Waals surface area contributed by atoms with Gasteiger partial charge >= 0.3 is 0 Å². The molecule has 1 N–H and O–H groups in total. The molecule has 0 radical (unpaired) electrons. The highest BCUT2D eigenvalue weighted by Gasteiger charge is 2.31. The Hall–Kier alpha value is -1.52. The van der Waals surface area contributed by atoms with E-state index in [9.17, 15) is 16.8 Å². The molecule has 0 spiro atoms. The molecule has 0 fully saturated rings. The number of benzene rings is 1. The molecule has 3 aromatic rings. The van der Waals surface area contributed by atoms with Crippen molar-refractivity contribution < 1.29 is 16.8 Å². The van der Waals surface area contributed by atoms with Gasteiger partial charge in [0.05, 0.1) is 4.90 Å². The van der Waals surface area contributed by atoms with Gasteiger partial charge in [-0.25, -0.2) is 21.6 Å². The first-order valence-electron chi connectivity index (χ1n) is 7.27. The molecule has 1 atom stereocenters. The second kappa shape index (κ2) is 7.38. The van der Waals surface area contributed by atoms with Gasteiger partial charge in [-0.3, -0.25) is 0 Å². The van der Waals surface area contributed by atoms with Gasteiger partial charge in [-0.15, -0.1) is 22.7 Å². The minimum Gasteiger partial charge on any atom is -0.223 e. The van der Waals surface area contributed by atoms with Crippen molar-refractivity contribution in [1.82, 2.24) is 4.72 Å². The molecule has 0 aliphatic heterocycles. The number of nitrogens with one attached hydrogen (secondary N) is 1. The van der Waals surface area contributed by atoms with E-state index in [1.54, 1.807) is 47.2 Å². The van der Waals surface area contributed by atoms with E-state index in [4.69, 9.17) is 0 Å². The van der Waals surface area contributed by atoms with E-state index in [1.807, 2.05) is 0 Å². The lowest BCUT2D eigenvalue weighted by atomic mass is 10.3. The summed E-state index contributed by atoms with van der Waals surface area (Å²) in [6.07, 6.45) is 0. The molecule has 1 aromatic carbocycles. The summed E-state index contributed by atoms with van der Waals surface area (Å²) in [5, 5.41) is 2.45. The Morgan fingerprint density at radius 1 is 0.840 bits per heavy atom.